The maximum absolute atomic E-state index is 11.3. The molecule has 2 rings (SSSR count). The highest BCUT2D eigenvalue weighted by Crippen LogP contribution is 2.52. The molecule has 1 amide bonds. The Balaban J connectivity index is 2.05. The summed E-state index contributed by atoms with van der Waals surface area (Å²) in [7, 11) is 0. The first kappa shape index (κ1) is 18.4. The van der Waals surface area contributed by atoms with Crippen molar-refractivity contribution in [3.63, 3.8) is 0 Å². The van der Waals surface area contributed by atoms with Crippen molar-refractivity contribution in [2.24, 2.45) is 28.4 Å². The van der Waals surface area contributed by atoms with Gasteiger partial charge in [0.15, 0.2) is 0 Å². The van der Waals surface area contributed by atoms with Crippen LogP contribution in [0.4, 0.5) is 0 Å². The van der Waals surface area contributed by atoms with Gasteiger partial charge in [0.05, 0.1) is 5.76 Å². The molecule has 3 heteroatoms. The lowest BCUT2D eigenvalue weighted by Gasteiger charge is -2.43. The summed E-state index contributed by atoms with van der Waals surface area (Å²) in [5, 5.41) is 9.98. The molecule has 1 fully saturated rings. The van der Waals surface area contributed by atoms with Crippen molar-refractivity contribution < 1.29 is 9.90 Å². The van der Waals surface area contributed by atoms with Crippen LogP contribution in [0.3, 0.4) is 0 Å². The Bertz CT molecular complexity index is 459. The highest BCUT2D eigenvalue weighted by Gasteiger charge is 2.42. The maximum Gasteiger partial charge on any atom is 0.217 e. The number of aliphatic hydroxyl groups excluding tert-OH is 1. The van der Waals surface area contributed by atoms with Gasteiger partial charge < -0.3 is 10.8 Å². The zero-order valence-electron chi connectivity index (χ0n) is 15.2. The van der Waals surface area contributed by atoms with Crippen LogP contribution in [0.25, 0.3) is 0 Å². The van der Waals surface area contributed by atoms with Crippen LogP contribution in [-0.4, -0.2) is 11.0 Å². The molecule has 4 atom stereocenters. The lowest BCUT2D eigenvalue weighted by molar-refractivity contribution is -0.119. The average Bonchev–Trinajstić information content (AvgIpc) is 2.79. The largest absolute Gasteiger partial charge is 0.513 e. The summed E-state index contributed by atoms with van der Waals surface area (Å²) in [5.41, 5.74) is 5.97. The molecule has 0 saturated heterocycles. The number of aliphatic hydroxyl groups is 1. The zero-order valence-corrected chi connectivity index (χ0v) is 15.2. The summed E-state index contributed by atoms with van der Waals surface area (Å²) in [6.07, 6.45) is 13.0. The molecule has 0 radical (unpaired) electrons. The fourth-order valence-electron chi connectivity index (χ4n) is 5.26. The summed E-state index contributed by atoms with van der Waals surface area (Å²) < 4.78 is 0. The number of allylic oxidation sites excluding steroid dienone is 2. The van der Waals surface area contributed by atoms with Gasteiger partial charge in [0.25, 0.3) is 0 Å². The van der Waals surface area contributed by atoms with E-state index in [0.717, 1.165) is 32.1 Å². The van der Waals surface area contributed by atoms with Crippen molar-refractivity contribution in [1.29, 1.82) is 0 Å². The van der Waals surface area contributed by atoms with Gasteiger partial charge in [0.2, 0.25) is 5.91 Å². The molecule has 3 N–H and O–H groups in total. The number of carbonyl (C=O) groups is 1. The molecule has 132 valence electrons. The number of hydrogen-bond acceptors (Lipinski definition) is 2. The van der Waals surface area contributed by atoms with Gasteiger partial charge in [-0.05, 0) is 67.3 Å². The average molecular weight is 322 g/mol. The fourth-order valence-corrected chi connectivity index (χ4v) is 5.26. The van der Waals surface area contributed by atoms with Crippen LogP contribution in [-0.2, 0) is 4.79 Å². The zero-order chi connectivity index (χ0) is 17.1. The van der Waals surface area contributed by atoms with Crippen molar-refractivity contribution in [2.45, 2.75) is 85.0 Å². The summed E-state index contributed by atoms with van der Waals surface area (Å²) >= 11 is 0. The number of hydrogen-bond donors (Lipinski definition) is 2. The molecular weight excluding hydrogens is 286 g/mol. The minimum absolute atomic E-state index is 0.149. The highest BCUT2D eigenvalue weighted by atomic mass is 16.3. The summed E-state index contributed by atoms with van der Waals surface area (Å²) in [5.74, 6) is 1.44. The molecule has 2 aliphatic rings. The topological polar surface area (TPSA) is 63.3 Å². The molecule has 1 saturated carbocycles. The smallest absolute Gasteiger partial charge is 0.217 e. The summed E-state index contributed by atoms with van der Waals surface area (Å²) in [6.45, 7) is 6.83. The maximum atomic E-state index is 11.3. The van der Waals surface area contributed by atoms with Gasteiger partial charge in [-0.1, -0.05) is 33.6 Å². The highest BCUT2D eigenvalue weighted by molar-refractivity contribution is 5.74. The van der Waals surface area contributed by atoms with E-state index in [1.807, 2.05) is 0 Å². The number of rotatable bonds is 7. The Morgan fingerprint density at radius 1 is 1.35 bits per heavy atom. The van der Waals surface area contributed by atoms with Gasteiger partial charge in [-0.3, -0.25) is 4.79 Å². The predicted octanol–water partition coefficient (Wildman–Crippen LogP) is 5.11. The second-order valence-electron chi connectivity index (χ2n) is 8.31. The normalized spacial score (nSPS) is 37.6. The van der Waals surface area contributed by atoms with E-state index in [0.29, 0.717) is 29.4 Å². The van der Waals surface area contributed by atoms with E-state index >= 15 is 0 Å². The second kappa shape index (κ2) is 7.27. The lowest BCUT2D eigenvalue weighted by Crippen LogP contribution is -2.33. The molecule has 4 unspecified atom stereocenters. The monoisotopic (exact) mass is 321 g/mol. The SMILES string of the molecule is CCC1(CCC2(CC)C=C(O)CC2C)CCCC(CC(N)=O)C1. The molecule has 0 aromatic rings. The first-order valence-electron chi connectivity index (χ1n) is 9.54. The van der Waals surface area contributed by atoms with Crippen molar-refractivity contribution in [3.05, 3.63) is 11.8 Å². The van der Waals surface area contributed by atoms with Crippen LogP contribution in [0.5, 0.6) is 0 Å². The minimum Gasteiger partial charge on any atom is -0.513 e. The quantitative estimate of drug-likeness (QED) is 0.684. The summed E-state index contributed by atoms with van der Waals surface area (Å²) in [4.78, 5) is 11.3. The molecule has 0 bridgehead atoms. The van der Waals surface area contributed by atoms with Gasteiger partial charge in [0, 0.05) is 12.8 Å². The van der Waals surface area contributed by atoms with E-state index in [-0.39, 0.29) is 11.3 Å². The molecule has 0 heterocycles. The van der Waals surface area contributed by atoms with E-state index in [4.69, 9.17) is 5.73 Å². The molecule has 2 aliphatic carbocycles. The van der Waals surface area contributed by atoms with Crippen LogP contribution >= 0.6 is 0 Å². The number of nitrogens with two attached hydrogens (primary N) is 1. The van der Waals surface area contributed by atoms with Crippen LogP contribution in [0.2, 0.25) is 0 Å². The van der Waals surface area contributed by atoms with E-state index in [9.17, 15) is 9.90 Å². The third kappa shape index (κ3) is 4.10. The summed E-state index contributed by atoms with van der Waals surface area (Å²) in [6, 6.07) is 0. The standard InChI is InChI=1S/C20H35NO2/c1-4-19(8-6-7-16(13-19)12-18(21)23)9-10-20(5-2)14-17(22)11-15(20)3/h14-16,22H,4-13H2,1-3H3,(H2,21,23). The molecule has 0 aromatic carbocycles. The van der Waals surface area contributed by atoms with Gasteiger partial charge in [-0.15, -0.1) is 0 Å². The van der Waals surface area contributed by atoms with E-state index < -0.39 is 0 Å². The van der Waals surface area contributed by atoms with Crippen molar-refractivity contribution in [1.82, 2.24) is 0 Å². The number of carbonyl (C=O) groups excluding carboxylic acids is 1. The van der Waals surface area contributed by atoms with E-state index in [2.05, 4.69) is 26.8 Å². The lowest BCUT2D eigenvalue weighted by atomic mass is 9.62. The van der Waals surface area contributed by atoms with Crippen LogP contribution in [0.1, 0.15) is 85.0 Å². The predicted molar refractivity (Wildman–Crippen MR) is 94.9 cm³/mol. The van der Waals surface area contributed by atoms with Crippen LogP contribution in [0.15, 0.2) is 11.8 Å². The third-order valence-corrected chi connectivity index (χ3v) is 7.01. The van der Waals surface area contributed by atoms with E-state index in [1.165, 1.54) is 25.7 Å². The van der Waals surface area contributed by atoms with E-state index in [1.54, 1.807) is 0 Å². The fraction of sp³-hybridized carbons (Fsp3) is 0.850. The van der Waals surface area contributed by atoms with Crippen LogP contribution < -0.4 is 5.73 Å². The molecule has 0 aromatic heterocycles. The van der Waals surface area contributed by atoms with Crippen LogP contribution in [0, 0.1) is 22.7 Å². The first-order valence-corrected chi connectivity index (χ1v) is 9.54. The molecular formula is C20H35NO2. The Morgan fingerprint density at radius 2 is 2.09 bits per heavy atom. The minimum atomic E-state index is -0.149. The van der Waals surface area contributed by atoms with Crippen molar-refractivity contribution >= 4 is 5.91 Å². The molecule has 0 spiro atoms. The Kier molecular flexibility index (Phi) is 5.80. The first-order chi connectivity index (χ1) is 10.8. The molecule has 3 nitrogen and oxygen atoms in total. The Hall–Kier alpha value is -0.990. The molecule has 0 aliphatic heterocycles. The van der Waals surface area contributed by atoms with Gasteiger partial charge >= 0.3 is 0 Å². The van der Waals surface area contributed by atoms with Crippen molar-refractivity contribution in [2.75, 3.05) is 0 Å². The van der Waals surface area contributed by atoms with Gasteiger partial charge in [0.1, 0.15) is 0 Å². The Labute approximate surface area is 141 Å². The second-order valence-corrected chi connectivity index (χ2v) is 8.31. The van der Waals surface area contributed by atoms with Crippen molar-refractivity contribution in [3.8, 4) is 0 Å². The Morgan fingerprint density at radius 3 is 2.61 bits per heavy atom. The molecule has 23 heavy (non-hydrogen) atoms. The number of primary amides is 1. The van der Waals surface area contributed by atoms with Gasteiger partial charge in [-0.2, -0.15) is 0 Å². The third-order valence-electron chi connectivity index (χ3n) is 7.01. The number of amides is 1. The van der Waals surface area contributed by atoms with Gasteiger partial charge in [-0.25, -0.2) is 0 Å².